The molecule has 0 amide bonds. The first-order chi connectivity index (χ1) is 14.0. The van der Waals surface area contributed by atoms with Crippen molar-refractivity contribution in [2.24, 2.45) is 11.8 Å². The van der Waals surface area contributed by atoms with E-state index in [-0.39, 0.29) is 0 Å². The van der Waals surface area contributed by atoms with Crippen LogP contribution in [0.5, 0.6) is 11.5 Å². The Labute approximate surface area is 168 Å². The topological polar surface area (TPSA) is 80.3 Å². The molecule has 4 atom stereocenters. The van der Waals surface area contributed by atoms with Crippen molar-refractivity contribution in [3.05, 3.63) is 59.2 Å². The first-order valence-electron chi connectivity index (χ1n) is 9.18. The highest BCUT2D eigenvalue weighted by Gasteiger charge is 2.68. The van der Waals surface area contributed by atoms with Crippen LogP contribution in [0.15, 0.2) is 42.5 Å². The summed E-state index contributed by atoms with van der Waals surface area (Å²) < 4.78 is 27.5. The smallest absolute Gasteiger partial charge is 0.313 e. The molecule has 0 N–H and O–H groups in total. The lowest BCUT2D eigenvalue weighted by Gasteiger charge is -2.35. The quantitative estimate of drug-likeness (QED) is 0.716. The Morgan fingerprint density at radius 1 is 0.897 bits per heavy atom. The molecule has 0 aliphatic carbocycles. The third-order valence-electron chi connectivity index (χ3n) is 5.83. The van der Waals surface area contributed by atoms with Gasteiger partial charge in [0.1, 0.15) is 17.4 Å². The highest BCUT2D eigenvalue weighted by Crippen LogP contribution is 2.65. The molecule has 2 aromatic carbocycles. The van der Waals surface area contributed by atoms with Crippen molar-refractivity contribution in [3.63, 3.8) is 0 Å². The van der Waals surface area contributed by atoms with Crippen LogP contribution < -0.4 is 9.47 Å². The molecule has 0 unspecified atom stereocenters. The third kappa shape index (κ3) is 2.54. The Morgan fingerprint density at radius 3 is 2.10 bits per heavy atom. The molecule has 2 bridgehead atoms. The molecule has 4 rings (SSSR count). The minimum Gasteiger partial charge on any atom is -0.493 e. The zero-order chi connectivity index (χ0) is 20.8. The molecule has 152 valence electrons. The molecule has 0 radical (unpaired) electrons. The van der Waals surface area contributed by atoms with Crippen molar-refractivity contribution in [1.29, 1.82) is 0 Å². The molecule has 0 aromatic heterocycles. The zero-order valence-corrected chi connectivity index (χ0v) is 16.6. The highest BCUT2D eigenvalue weighted by atomic mass is 16.6. The zero-order valence-electron chi connectivity index (χ0n) is 16.6. The van der Waals surface area contributed by atoms with Crippen LogP contribution in [0, 0.1) is 11.8 Å². The van der Waals surface area contributed by atoms with Gasteiger partial charge in [0.15, 0.2) is 11.5 Å². The maximum atomic E-state index is 12.9. The van der Waals surface area contributed by atoms with Gasteiger partial charge in [-0.3, -0.25) is 9.59 Å². The molecule has 2 heterocycles. The van der Waals surface area contributed by atoms with Crippen LogP contribution in [0.2, 0.25) is 0 Å². The van der Waals surface area contributed by atoms with Crippen LogP contribution in [0.25, 0.3) is 0 Å². The number of rotatable bonds is 5. The summed E-state index contributed by atoms with van der Waals surface area (Å²) in [4.78, 5) is 25.7. The summed E-state index contributed by atoms with van der Waals surface area (Å²) in [5, 5.41) is 0. The van der Waals surface area contributed by atoms with E-state index < -0.39 is 35.5 Å². The van der Waals surface area contributed by atoms with Crippen LogP contribution in [0.4, 0.5) is 0 Å². The van der Waals surface area contributed by atoms with Gasteiger partial charge in [0, 0.05) is 0 Å². The Bertz CT molecular complexity index is 955. The molecule has 2 aromatic rings. The van der Waals surface area contributed by atoms with E-state index >= 15 is 0 Å². The maximum absolute atomic E-state index is 12.9. The van der Waals surface area contributed by atoms with Gasteiger partial charge in [-0.05, 0) is 28.8 Å². The summed E-state index contributed by atoms with van der Waals surface area (Å²) in [5.41, 5.74) is 1.06. The van der Waals surface area contributed by atoms with Crippen molar-refractivity contribution in [3.8, 4) is 11.5 Å². The lowest BCUT2D eigenvalue weighted by Crippen LogP contribution is -2.45. The van der Waals surface area contributed by atoms with E-state index in [1.165, 1.54) is 14.2 Å². The van der Waals surface area contributed by atoms with Crippen molar-refractivity contribution < 1.29 is 33.3 Å². The predicted molar refractivity (Wildman–Crippen MR) is 102 cm³/mol. The van der Waals surface area contributed by atoms with Gasteiger partial charge in [0.05, 0.1) is 34.5 Å². The van der Waals surface area contributed by atoms with Gasteiger partial charge in [-0.2, -0.15) is 0 Å². The van der Waals surface area contributed by atoms with Crippen molar-refractivity contribution >= 4 is 11.9 Å². The van der Waals surface area contributed by atoms with E-state index in [9.17, 15) is 9.59 Å². The molecule has 2 aliphatic rings. The number of hydrogen-bond acceptors (Lipinski definition) is 7. The molecule has 0 saturated carbocycles. The fourth-order valence-corrected chi connectivity index (χ4v) is 4.64. The first-order valence-corrected chi connectivity index (χ1v) is 9.18. The van der Waals surface area contributed by atoms with Crippen LogP contribution in [-0.4, -0.2) is 40.4 Å². The average Bonchev–Trinajstić information content (AvgIpc) is 3.30. The Hall–Kier alpha value is -3.06. The minimum absolute atomic E-state index is 0.510. The van der Waals surface area contributed by atoms with Gasteiger partial charge in [0.25, 0.3) is 0 Å². The molecule has 7 nitrogen and oxygen atoms in total. The number of carbonyl (C=O) groups excluding carboxylic acids is 2. The molecule has 2 aliphatic heterocycles. The average molecular weight is 398 g/mol. The second kappa shape index (κ2) is 7.08. The van der Waals surface area contributed by atoms with Gasteiger partial charge in [-0.25, -0.2) is 0 Å². The predicted octanol–water partition coefficient (Wildman–Crippen LogP) is 2.61. The summed E-state index contributed by atoms with van der Waals surface area (Å²) in [7, 11) is 5.69. The number of carbonyl (C=O) groups is 2. The normalized spacial score (nSPS) is 26.6. The van der Waals surface area contributed by atoms with Crippen LogP contribution in [-0.2, 0) is 29.4 Å². The summed E-state index contributed by atoms with van der Waals surface area (Å²) in [5.74, 6) is -1.79. The molecule has 1 saturated heterocycles. The Kier molecular flexibility index (Phi) is 4.70. The molecular weight excluding hydrogens is 376 g/mol. The third-order valence-corrected chi connectivity index (χ3v) is 5.83. The van der Waals surface area contributed by atoms with Crippen LogP contribution in [0.1, 0.15) is 22.8 Å². The molecule has 1 fully saturated rings. The Morgan fingerprint density at radius 2 is 1.52 bits per heavy atom. The van der Waals surface area contributed by atoms with E-state index in [0.29, 0.717) is 11.5 Å². The summed E-state index contributed by atoms with van der Waals surface area (Å²) in [6.07, 6.45) is -0.679. The number of ether oxygens (including phenoxy) is 5. The van der Waals surface area contributed by atoms with E-state index in [4.69, 9.17) is 23.7 Å². The van der Waals surface area contributed by atoms with Crippen molar-refractivity contribution in [2.75, 3.05) is 28.4 Å². The van der Waals surface area contributed by atoms with Gasteiger partial charge >= 0.3 is 11.9 Å². The van der Waals surface area contributed by atoms with E-state index in [1.54, 1.807) is 20.3 Å². The summed E-state index contributed by atoms with van der Waals surface area (Å²) in [6.45, 7) is 0. The van der Waals surface area contributed by atoms with E-state index in [1.807, 2.05) is 36.4 Å². The van der Waals surface area contributed by atoms with Gasteiger partial charge < -0.3 is 23.7 Å². The van der Waals surface area contributed by atoms with E-state index in [2.05, 4.69) is 0 Å². The van der Waals surface area contributed by atoms with Gasteiger partial charge in [-0.1, -0.05) is 30.3 Å². The fourth-order valence-electron chi connectivity index (χ4n) is 4.64. The number of esters is 2. The lowest BCUT2D eigenvalue weighted by molar-refractivity contribution is -0.158. The highest BCUT2D eigenvalue weighted by molar-refractivity contribution is 5.87. The maximum Gasteiger partial charge on any atom is 0.313 e. The van der Waals surface area contributed by atoms with Crippen LogP contribution in [0.3, 0.4) is 0 Å². The van der Waals surface area contributed by atoms with E-state index in [0.717, 1.165) is 16.7 Å². The van der Waals surface area contributed by atoms with Crippen molar-refractivity contribution in [1.82, 2.24) is 0 Å². The lowest BCUT2D eigenvalue weighted by atomic mass is 9.66. The molecular formula is C22H22O7. The largest absolute Gasteiger partial charge is 0.493 e. The fraction of sp³-hybridized carbons (Fsp3) is 0.364. The van der Waals surface area contributed by atoms with Gasteiger partial charge in [-0.15, -0.1) is 0 Å². The second-order valence-electron chi connectivity index (χ2n) is 6.98. The summed E-state index contributed by atoms with van der Waals surface area (Å²) >= 11 is 0. The number of methoxy groups -OCH3 is 4. The standard InChI is InChI=1S/C22H22O7/c1-25-15-10-13-14(11-16(15)26-2)22(12-8-6-5-7-9-12)18(21(24)28-4)17(19(13)29-22)20(23)27-3/h5-11,17-19H,1-4H3/t17-,18+,19-,22+/m1/s1. The number of fused-ring (bicyclic) bond motifs is 5. The minimum atomic E-state index is -1.20. The van der Waals surface area contributed by atoms with Gasteiger partial charge in [0.2, 0.25) is 0 Å². The number of hydrogen-bond donors (Lipinski definition) is 0. The SMILES string of the molecule is COC(=O)[C@H]1[C@@H]2O[C@@](c3ccccc3)(c3cc(OC)c(OC)cc32)[C@@H]1C(=O)OC. The van der Waals surface area contributed by atoms with Crippen molar-refractivity contribution in [2.45, 2.75) is 11.7 Å². The first kappa shape index (κ1) is 19.3. The Balaban J connectivity index is 2.04. The molecule has 7 heteroatoms. The summed E-state index contributed by atoms with van der Waals surface area (Å²) in [6, 6.07) is 13.0. The molecule has 0 spiro atoms. The number of benzene rings is 2. The second-order valence-corrected chi connectivity index (χ2v) is 6.98. The monoisotopic (exact) mass is 398 g/mol. The van der Waals surface area contributed by atoms with Crippen LogP contribution >= 0.6 is 0 Å². The molecule has 29 heavy (non-hydrogen) atoms.